The minimum atomic E-state index is -0.349. The minimum absolute atomic E-state index is 0.0127. The van der Waals surface area contributed by atoms with E-state index >= 15 is 0 Å². The number of rotatable bonds is 6. The van der Waals surface area contributed by atoms with Crippen molar-refractivity contribution in [3.8, 4) is 11.5 Å². The molecule has 1 aliphatic rings. The van der Waals surface area contributed by atoms with Gasteiger partial charge in [0.2, 0.25) is 5.91 Å². The van der Waals surface area contributed by atoms with E-state index in [0.29, 0.717) is 17.1 Å². The number of amides is 1. The molecule has 3 atom stereocenters. The fraction of sp³-hybridized carbons (Fsp3) is 0.350. The van der Waals surface area contributed by atoms with Crippen LogP contribution < -0.4 is 25.6 Å². The molecule has 1 heterocycles. The normalized spacial score (nSPS) is 21.7. The Hall–Kier alpha value is -2.64. The second-order valence-corrected chi connectivity index (χ2v) is 6.57. The lowest BCUT2D eigenvalue weighted by Crippen LogP contribution is -2.46. The van der Waals surface area contributed by atoms with Crippen LogP contribution >= 0.6 is 0 Å². The van der Waals surface area contributed by atoms with Crippen molar-refractivity contribution in [1.82, 2.24) is 16.2 Å². The van der Waals surface area contributed by atoms with Gasteiger partial charge in [-0.3, -0.25) is 10.2 Å². The molecule has 1 fully saturated rings. The van der Waals surface area contributed by atoms with Gasteiger partial charge in [-0.2, -0.15) is 0 Å². The van der Waals surface area contributed by atoms with Crippen LogP contribution in [0, 0.1) is 5.82 Å². The van der Waals surface area contributed by atoms with Crippen LogP contribution in [0.2, 0.25) is 0 Å². The molecule has 0 spiro atoms. The van der Waals surface area contributed by atoms with E-state index in [1.54, 1.807) is 26.4 Å². The summed E-state index contributed by atoms with van der Waals surface area (Å²) < 4.78 is 24.0. The van der Waals surface area contributed by atoms with Crippen LogP contribution in [0.5, 0.6) is 11.5 Å². The van der Waals surface area contributed by atoms with Crippen LogP contribution in [0.3, 0.4) is 0 Å². The maximum atomic E-state index is 13.3. The zero-order valence-electron chi connectivity index (χ0n) is 15.6. The molecule has 1 saturated heterocycles. The predicted molar refractivity (Wildman–Crippen MR) is 100 cm³/mol. The van der Waals surface area contributed by atoms with Crippen LogP contribution in [0.1, 0.15) is 24.0 Å². The molecule has 1 aliphatic heterocycles. The van der Waals surface area contributed by atoms with Gasteiger partial charge in [0.1, 0.15) is 12.0 Å². The van der Waals surface area contributed by atoms with Crippen molar-refractivity contribution < 1.29 is 18.7 Å². The average Bonchev–Trinajstić information content (AvgIpc) is 3.01. The number of carbonyl (C=O) groups excluding carboxylic acids is 1. The maximum absolute atomic E-state index is 13.3. The summed E-state index contributed by atoms with van der Waals surface area (Å²) in [5, 5.41) is 2.98. The summed E-state index contributed by atoms with van der Waals surface area (Å²) in [6.45, 7) is 2.03. The number of hydrogen-bond donors (Lipinski definition) is 3. The minimum Gasteiger partial charge on any atom is -0.493 e. The number of halogens is 1. The first kappa shape index (κ1) is 19.1. The van der Waals surface area contributed by atoms with Gasteiger partial charge in [-0.1, -0.05) is 18.2 Å². The van der Waals surface area contributed by atoms with E-state index in [9.17, 15) is 9.18 Å². The van der Waals surface area contributed by atoms with Crippen molar-refractivity contribution in [1.29, 1.82) is 0 Å². The highest BCUT2D eigenvalue weighted by Gasteiger charge is 2.35. The lowest BCUT2D eigenvalue weighted by Gasteiger charge is -2.23. The molecule has 3 rings (SSSR count). The van der Waals surface area contributed by atoms with Gasteiger partial charge in [0.25, 0.3) is 0 Å². The predicted octanol–water partition coefficient (Wildman–Crippen LogP) is 2.11. The van der Waals surface area contributed by atoms with E-state index in [4.69, 9.17) is 9.47 Å². The van der Waals surface area contributed by atoms with Crippen molar-refractivity contribution in [2.45, 2.75) is 31.5 Å². The highest BCUT2D eigenvalue weighted by molar-refractivity contribution is 5.79. The molecule has 144 valence electrons. The van der Waals surface area contributed by atoms with Gasteiger partial charge in [0.05, 0.1) is 20.6 Å². The fourth-order valence-electron chi connectivity index (χ4n) is 3.41. The van der Waals surface area contributed by atoms with E-state index in [1.807, 2.05) is 25.1 Å². The molecule has 6 nitrogen and oxygen atoms in total. The average molecular weight is 373 g/mol. The Morgan fingerprint density at radius 3 is 2.59 bits per heavy atom. The number of carbonyl (C=O) groups is 1. The third-order valence-electron chi connectivity index (χ3n) is 4.73. The van der Waals surface area contributed by atoms with Crippen LogP contribution in [0.15, 0.2) is 42.5 Å². The largest absolute Gasteiger partial charge is 0.493 e. The topological polar surface area (TPSA) is 71.6 Å². The van der Waals surface area contributed by atoms with Crippen LogP contribution in [-0.4, -0.2) is 32.3 Å². The maximum Gasteiger partial charge on any atom is 0.225 e. The van der Waals surface area contributed by atoms with Gasteiger partial charge in [-0.15, -0.1) is 0 Å². The van der Waals surface area contributed by atoms with Gasteiger partial charge in [0, 0.05) is 12.0 Å². The Bertz CT molecular complexity index is 815. The molecular formula is C20H24FN3O3. The first-order valence-corrected chi connectivity index (χ1v) is 8.78. The summed E-state index contributed by atoms with van der Waals surface area (Å²) in [4.78, 5) is 12.4. The molecule has 0 radical (unpaired) electrons. The van der Waals surface area contributed by atoms with Gasteiger partial charge in [-0.05, 0) is 42.3 Å². The van der Waals surface area contributed by atoms with Crippen LogP contribution in [0.25, 0.3) is 0 Å². The van der Waals surface area contributed by atoms with Gasteiger partial charge in [-0.25, -0.2) is 9.82 Å². The van der Waals surface area contributed by atoms with E-state index in [-0.39, 0.29) is 36.3 Å². The second kappa shape index (κ2) is 8.37. The SMILES string of the molecule is COc1ccc(C2C(C)NNC2NC(=O)Cc2cccc(F)c2)cc1OC. The Balaban J connectivity index is 1.74. The van der Waals surface area contributed by atoms with Crippen molar-refractivity contribution >= 4 is 5.91 Å². The molecule has 0 saturated carbocycles. The summed E-state index contributed by atoms with van der Waals surface area (Å²) in [6.07, 6.45) is -0.192. The third-order valence-corrected chi connectivity index (χ3v) is 4.73. The highest BCUT2D eigenvalue weighted by Crippen LogP contribution is 2.34. The van der Waals surface area contributed by atoms with E-state index in [1.165, 1.54) is 12.1 Å². The second-order valence-electron chi connectivity index (χ2n) is 6.57. The van der Waals surface area contributed by atoms with E-state index < -0.39 is 0 Å². The summed E-state index contributed by atoms with van der Waals surface area (Å²) >= 11 is 0. The highest BCUT2D eigenvalue weighted by atomic mass is 19.1. The van der Waals surface area contributed by atoms with Crippen LogP contribution in [0.4, 0.5) is 4.39 Å². The zero-order chi connectivity index (χ0) is 19.4. The van der Waals surface area contributed by atoms with Gasteiger partial charge >= 0.3 is 0 Å². The first-order valence-electron chi connectivity index (χ1n) is 8.78. The molecule has 3 N–H and O–H groups in total. The smallest absolute Gasteiger partial charge is 0.225 e. The summed E-state index contributed by atoms with van der Waals surface area (Å²) in [5.74, 6) is 0.747. The Labute approximate surface area is 158 Å². The summed E-state index contributed by atoms with van der Waals surface area (Å²) in [5.41, 5.74) is 7.93. The van der Waals surface area contributed by atoms with Crippen LogP contribution in [-0.2, 0) is 11.2 Å². The molecule has 2 aromatic rings. The molecule has 0 aromatic heterocycles. The Morgan fingerprint density at radius 2 is 1.89 bits per heavy atom. The number of hydrogen-bond acceptors (Lipinski definition) is 5. The van der Waals surface area contributed by atoms with Crippen molar-refractivity contribution in [2.24, 2.45) is 0 Å². The van der Waals surface area contributed by atoms with Gasteiger partial charge in [0.15, 0.2) is 11.5 Å². The van der Waals surface area contributed by atoms with E-state index in [2.05, 4.69) is 16.2 Å². The summed E-state index contributed by atoms with van der Waals surface area (Å²) in [7, 11) is 3.18. The molecule has 3 unspecified atom stereocenters. The van der Waals surface area contributed by atoms with Gasteiger partial charge < -0.3 is 14.8 Å². The molecular weight excluding hydrogens is 349 g/mol. The quantitative estimate of drug-likeness (QED) is 0.723. The van der Waals surface area contributed by atoms with Crippen molar-refractivity contribution in [3.05, 3.63) is 59.4 Å². The number of hydrazine groups is 1. The molecule has 2 aromatic carbocycles. The van der Waals surface area contributed by atoms with Crippen molar-refractivity contribution in [2.75, 3.05) is 14.2 Å². The number of methoxy groups -OCH3 is 2. The number of nitrogens with one attached hydrogen (secondary N) is 3. The lowest BCUT2D eigenvalue weighted by molar-refractivity contribution is -0.121. The van der Waals surface area contributed by atoms with E-state index in [0.717, 1.165) is 5.56 Å². The van der Waals surface area contributed by atoms with Crippen molar-refractivity contribution in [3.63, 3.8) is 0 Å². The molecule has 0 aliphatic carbocycles. The molecule has 27 heavy (non-hydrogen) atoms. The standard InChI is InChI=1S/C20H24FN3O3/c1-12-19(14-7-8-16(26-2)17(11-14)27-3)20(24-23-12)22-18(25)10-13-5-4-6-15(21)9-13/h4-9,11-12,19-20,23-24H,10H2,1-3H3,(H,22,25). The molecule has 1 amide bonds. The fourth-order valence-corrected chi connectivity index (χ4v) is 3.41. The Kier molecular flexibility index (Phi) is 5.93. The summed E-state index contributed by atoms with van der Waals surface area (Å²) in [6, 6.07) is 11.9. The lowest BCUT2D eigenvalue weighted by atomic mass is 9.91. The Morgan fingerprint density at radius 1 is 1.11 bits per heavy atom. The molecule has 7 heteroatoms. The monoisotopic (exact) mass is 373 g/mol. The zero-order valence-corrected chi connectivity index (χ0v) is 15.6. The number of ether oxygens (including phenoxy) is 2. The molecule has 0 bridgehead atoms. The first-order chi connectivity index (χ1) is 13.0. The third kappa shape index (κ3) is 4.37. The number of benzene rings is 2.